The average Bonchev–Trinajstić information content (AvgIpc) is 4.00. The maximum Gasteiger partial charge on any atom is 0.159 e. The zero-order valence-electron chi connectivity index (χ0n) is 30.2. The molecular weight excluding hydrogens is 699 g/mol. The van der Waals surface area contributed by atoms with Crippen LogP contribution in [0.5, 0.6) is 0 Å². The van der Waals surface area contributed by atoms with Crippen LogP contribution >= 0.6 is 11.3 Å². The second-order valence-electron chi connectivity index (χ2n) is 15.1. The van der Waals surface area contributed by atoms with Crippen LogP contribution < -0.4 is 4.90 Å². The molecule has 0 radical (unpaired) electrons. The molecule has 0 unspecified atom stereocenters. The Labute approximate surface area is 327 Å². The van der Waals surface area contributed by atoms with Crippen molar-refractivity contribution in [2.75, 3.05) is 4.90 Å². The van der Waals surface area contributed by atoms with Crippen molar-refractivity contribution in [3.05, 3.63) is 210 Å². The molecule has 0 atom stereocenters. The zero-order chi connectivity index (χ0) is 36.5. The van der Waals surface area contributed by atoms with Crippen LogP contribution in [0.25, 0.3) is 75.1 Å². The number of hydrogen-bond donors (Lipinski definition) is 0. The molecule has 3 heteroatoms. The van der Waals surface area contributed by atoms with Crippen molar-refractivity contribution >= 4 is 81.3 Å². The minimum absolute atomic E-state index is 0.456. The fourth-order valence-electron chi connectivity index (χ4n) is 10.3. The second kappa shape index (κ2) is 11.1. The molecule has 0 N–H and O–H groups in total. The molecule has 13 rings (SSSR count). The van der Waals surface area contributed by atoms with Gasteiger partial charge in [-0.15, -0.1) is 11.3 Å². The summed E-state index contributed by atoms with van der Waals surface area (Å²) < 4.78 is 9.40. The minimum atomic E-state index is -0.456. The van der Waals surface area contributed by atoms with Crippen molar-refractivity contribution < 1.29 is 4.42 Å². The highest BCUT2D eigenvalue weighted by Gasteiger charge is 2.51. The summed E-state index contributed by atoms with van der Waals surface area (Å²) in [5, 5.41) is 7.30. The molecule has 2 aliphatic rings. The number of benzene rings is 9. The highest BCUT2D eigenvalue weighted by atomic mass is 32.1. The Morgan fingerprint density at radius 2 is 1.02 bits per heavy atom. The third-order valence-corrected chi connectivity index (χ3v) is 13.6. The van der Waals surface area contributed by atoms with E-state index in [1.165, 1.54) is 75.5 Å². The molecule has 0 amide bonds. The third-order valence-electron chi connectivity index (χ3n) is 12.5. The molecule has 0 saturated heterocycles. The number of thiophene rings is 1. The molecule has 2 aliphatic carbocycles. The zero-order valence-corrected chi connectivity index (χ0v) is 31.0. The predicted molar refractivity (Wildman–Crippen MR) is 235 cm³/mol. The standard InChI is InChI=1S/C53H31NOS/c1-2-15-34-32(14-1)30-47(52-50(34)41-20-7-12-27-49(41)56-52)54(46-25-13-21-40-39-19-6-11-26-48(39)55-51(40)46)33-28-29-38-37-18-5-10-24-44(37)53(45(38)31-33)42-22-8-3-16-35(42)36-17-4-9-23-43(36)53/h1-31H. The normalized spacial score (nSPS) is 13.5. The van der Waals surface area contributed by atoms with Gasteiger partial charge in [-0.25, -0.2) is 0 Å². The maximum absolute atomic E-state index is 6.86. The Kier molecular flexibility index (Phi) is 6.01. The molecular formula is C53H31NOS. The first kappa shape index (κ1) is 30.4. The molecule has 2 nitrogen and oxygen atoms in total. The fourth-order valence-corrected chi connectivity index (χ4v) is 11.5. The van der Waals surface area contributed by atoms with Crippen LogP contribution in [0.15, 0.2) is 192 Å². The summed E-state index contributed by atoms with van der Waals surface area (Å²) in [6, 6.07) is 69.4. The van der Waals surface area contributed by atoms with Gasteiger partial charge in [-0.05, 0) is 91.7 Å². The molecule has 9 aromatic carbocycles. The van der Waals surface area contributed by atoms with Gasteiger partial charge in [0.25, 0.3) is 0 Å². The molecule has 0 fully saturated rings. The lowest BCUT2D eigenvalue weighted by atomic mass is 9.70. The van der Waals surface area contributed by atoms with Crippen LogP contribution in [-0.2, 0) is 5.41 Å². The van der Waals surface area contributed by atoms with Gasteiger partial charge in [0.2, 0.25) is 0 Å². The van der Waals surface area contributed by atoms with E-state index in [0.717, 1.165) is 39.0 Å². The lowest BCUT2D eigenvalue weighted by Gasteiger charge is -2.32. The molecule has 0 bridgehead atoms. The summed E-state index contributed by atoms with van der Waals surface area (Å²) in [7, 11) is 0. The molecule has 56 heavy (non-hydrogen) atoms. The monoisotopic (exact) mass is 729 g/mol. The van der Waals surface area contributed by atoms with Crippen LogP contribution in [0.3, 0.4) is 0 Å². The molecule has 1 spiro atoms. The van der Waals surface area contributed by atoms with Crippen molar-refractivity contribution in [2.45, 2.75) is 5.41 Å². The summed E-state index contributed by atoms with van der Waals surface area (Å²) in [6.45, 7) is 0. The number of nitrogens with zero attached hydrogens (tertiary/aromatic N) is 1. The lowest BCUT2D eigenvalue weighted by Crippen LogP contribution is -2.26. The van der Waals surface area contributed by atoms with Gasteiger partial charge in [0, 0.05) is 31.9 Å². The number of fused-ring (bicyclic) bond motifs is 18. The quantitative estimate of drug-likeness (QED) is 0.180. The van der Waals surface area contributed by atoms with E-state index in [-0.39, 0.29) is 0 Å². The summed E-state index contributed by atoms with van der Waals surface area (Å²) >= 11 is 1.87. The molecule has 0 aliphatic heterocycles. The summed E-state index contributed by atoms with van der Waals surface area (Å²) in [5.74, 6) is 0. The Bertz CT molecular complexity index is 3390. The van der Waals surface area contributed by atoms with Gasteiger partial charge in [-0.3, -0.25) is 0 Å². The van der Waals surface area contributed by atoms with Crippen molar-refractivity contribution in [3.63, 3.8) is 0 Å². The molecule has 11 aromatic rings. The Hall–Kier alpha value is -6.94. The fraction of sp³-hybridized carbons (Fsp3) is 0.0189. The van der Waals surface area contributed by atoms with Crippen molar-refractivity contribution in [2.24, 2.45) is 0 Å². The van der Waals surface area contributed by atoms with Crippen LogP contribution in [0.4, 0.5) is 17.1 Å². The van der Waals surface area contributed by atoms with Crippen molar-refractivity contribution in [3.8, 4) is 22.3 Å². The number of para-hydroxylation sites is 2. The Morgan fingerprint density at radius 1 is 0.429 bits per heavy atom. The number of anilines is 3. The van der Waals surface area contributed by atoms with E-state index in [0.29, 0.717) is 0 Å². The van der Waals surface area contributed by atoms with E-state index in [1.54, 1.807) is 0 Å². The van der Waals surface area contributed by atoms with Crippen molar-refractivity contribution in [1.82, 2.24) is 0 Å². The van der Waals surface area contributed by atoms with E-state index < -0.39 is 5.41 Å². The number of rotatable bonds is 3. The van der Waals surface area contributed by atoms with Gasteiger partial charge in [-0.2, -0.15) is 0 Å². The van der Waals surface area contributed by atoms with Crippen LogP contribution in [0.2, 0.25) is 0 Å². The molecule has 2 heterocycles. The Balaban J connectivity index is 1.17. The van der Waals surface area contributed by atoms with Crippen LogP contribution in [0, 0.1) is 0 Å². The Morgan fingerprint density at radius 3 is 1.77 bits per heavy atom. The topological polar surface area (TPSA) is 16.4 Å². The third kappa shape index (κ3) is 3.80. The van der Waals surface area contributed by atoms with E-state index in [9.17, 15) is 0 Å². The predicted octanol–water partition coefficient (Wildman–Crippen LogP) is 14.9. The number of hydrogen-bond acceptors (Lipinski definition) is 3. The van der Waals surface area contributed by atoms with Gasteiger partial charge in [0.05, 0.1) is 21.5 Å². The minimum Gasteiger partial charge on any atom is -0.454 e. The van der Waals surface area contributed by atoms with E-state index in [2.05, 4.69) is 193 Å². The molecule has 260 valence electrons. The molecule has 0 saturated carbocycles. The summed E-state index contributed by atoms with van der Waals surface area (Å²) in [5.41, 5.74) is 15.1. The van der Waals surface area contributed by atoms with Gasteiger partial charge >= 0.3 is 0 Å². The van der Waals surface area contributed by atoms with E-state index >= 15 is 0 Å². The van der Waals surface area contributed by atoms with E-state index in [4.69, 9.17) is 4.42 Å². The van der Waals surface area contributed by atoms with Gasteiger partial charge in [0.1, 0.15) is 5.58 Å². The first-order valence-corrected chi connectivity index (χ1v) is 20.1. The summed E-state index contributed by atoms with van der Waals surface area (Å²) in [6.07, 6.45) is 0. The lowest BCUT2D eigenvalue weighted by molar-refractivity contribution is 0.669. The smallest absolute Gasteiger partial charge is 0.159 e. The highest BCUT2D eigenvalue weighted by molar-refractivity contribution is 7.26. The summed E-state index contributed by atoms with van der Waals surface area (Å²) in [4.78, 5) is 2.48. The van der Waals surface area contributed by atoms with Crippen LogP contribution in [0.1, 0.15) is 22.3 Å². The SMILES string of the molecule is c1ccc2c(c1)-c1ccccc1C21c2ccccc2-c2ccc(N(c3cccc4c3oc3ccccc34)c3cc4ccccc4c4c3sc3ccccc34)cc21. The first-order chi connectivity index (χ1) is 27.8. The average molecular weight is 730 g/mol. The van der Waals surface area contributed by atoms with Crippen LogP contribution in [-0.4, -0.2) is 0 Å². The highest BCUT2D eigenvalue weighted by Crippen LogP contribution is 2.63. The molecule has 2 aromatic heterocycles. The first-order valence-electron chi connectivity index (χ1n) is 19.3. The van der Waals surface area contributed by atoms with Gasteiger partial charge in [-0.1, -0.05) is 152 Å². The second-order valence-corrected chi connectivity index (χ2v) is 16.2. The number of furan rings is 1. The van der Waals surface area contributed by atoms with Gasteiger partial charge < -0.3 is 9.32 Å². The van der Waals surface area contributed by atoms with E-state index in [1.807, 2.05) is 11.3 Å². The maximum atomic E-state index is 6.86. The largest absolute Gasteiger partial charge is 0.454 e. The van der Waals surface area contributed by atoms with Gasteiger partial charge in [0.15, 0.2) is 5.58 Å². The van der Waals surface area contributed by atoms with Crippen molar-refractivity contribution in [1.29, 1.82) is 0 Å².